The van der Waals surface area contributed by atoms with Crippen molar-refractivity contribution in [2.75, 3.05) is 40.9 Å². The summed E-state index contributed by atoms with van der Waals surface area (Å²) in [6.45, 7) is 4.27. The van der Waals surface area contributed by atoms with Crippen molar-refractivity contribution in [3.63, 3.8) is 0 Å². The Bertz CT molecular complexity index is 339. The topological polar surface area (TPSA) is 68.2 Å². The Morgan fingerprint density at radius 2 is 1.76 bits per heavy atom. The van der Waals surface area contributed by atoms with Gasteiger partial charge in [-0.3, -0.25) is 4.52 Å². The smallest absolute Gasteiger partial charge is 0.499 e. The lowest BCUT2D eigenvalue weighted by Crippen LogP contribution is -3.00. The highest BCUT2D eigenvalue weighted by molar-refractivity contribution is 7.47. The first-order valence-electron chi connectivity index (χ1n) is 6.06. The van der Waals surface area contributed by atoms with Gasteiger partial charge in [0.25, 0.3) is 0 Å². The van der Waals surface area contributed by atoms with E-state index in [1.807, 2.05) is 21.1 Å². The van der Waals surface area contributed by atoms with Crippen LogP contribution in [0.1, 0.15) is 20.3 Å². The highest BCUT2D eigenvalue weighted by Crippen LogP contribution is 2.43. The Hall–Kier alpha value is 0.860. The number of halogens is 3. The lowest BCUT2D eigenvalue weighted by molar-refractivity contribution is -0.870. The largest absolute Gasteiger partial charge is 1.00 e. The van der Waals surface area contributed by atoms with Gasteiger partial charge < -0.3 is 21.8 Å². The molecular formula is C10H24Cl3N2O5P. The number of nitrogens with zero attached hydrogens (tertiary/aromatic N) is 2. The monoisotopic (exact) mass is 388 g/mol. The summed E-state index contributed by atoms with van der Waals surface area (Å²) < 4.78 is 22.2. The summed E-state index contributed by atoms with van der Waals surface area (Å²) in [5.74, 6) is 0. The molecular weight excluding hydrogens is 365 g/mol. The molecule has 130 valence electrons. The normalized spacial score (nSPS) is 15.7. The molecule has 1 unspecified atom stereocenters. The summed E-state index contributed by atoms with van der Waals surface area (Å²) in [4.78, 5) is 14.0. The number of phosphoric ester groups is 1. The predicted molar refractivity (Wildman–Crippen MR) is 78.0 cm³/mol. The van der Waals surface area contributed by atoms with Crippen LogP contribution in [0, 0.1) is 0 Å². The van der Waals surface area contributed by atoms with Crippen LogP contribution in [0.5, 0.6) is 0 Å². The van der Waals surface area contributed by atoms with Crippen molar-refractivity contribution in [1.82, 2.24) is 3.94 Å². The molecule has 7 nitrogen and oxygen atoms in total. The van der Waals surface area contributed by atoms with E-state index >= 15 is 0 Å². The van der Waals surface area contributed by atoms with Gasteiger partial charge in [0.2, 0.25) is 0 Å². The predicted octanol–water partition coefficient (Wildman–Crippen LogP) is -0.460. The van der Waals surface area contributed by atoms with E-state index in [-0.39, 0.29) is 25.6 Å². The molecule has 21 heavy (non-hydrogen) atoms. The summed E-state index contributed by atoms with van der Waals surface area (Å²) in [7, 11) is 1.62. The van der Waals surface area contributed by atoms with Crippen LogP contribution in [0.25, 0.3) is 0 Å². The number of rotatable bonds is 10. The van der Waals surface area contributed by atoms with Crippen LogP contribution in [-0.2, 0) is 18.7 Å². The summed E-state index contributed by atoms with van der Waals surface area (Å²) >= 11 is 11.2. The molecule has 11 heteroatoms. The third kappa shape index (κ3) is 13.0. The Morgan fingerprint density at radius 3 is 2.19 bits per heavy atom. The van der Waals surface area contributed by atoms with E-state index in [1.165, 1.54) is 0 Å². The Balaban J connectivity index is 0. The van der Waals surface area contributed by atoms with Crippen molar-refractivity contribution in [1.29, 1.82) is 0 Å². The number of phosphoric acid groups is 1. The maximum Gasteiger partial charge on any atom is 0.499 e. The minimum atomic E-state index is -4.20. The molecule has 0 bridgehead atoms. The van der Waals surface area contributed by atoms with Gasteiger partial charge in [0.1, 0.15) is 13.2 Å². The second kappa shape index (κ2) is 9.88. The lowest BCUT2D eigenvalue weighted by Gasteiger charge is -2.27. The summed E-state index contributed by atoms with van der Waals surface area (Å²) in [6.07, 6.45) is 0.402. The van der Waals surface area contributed by atoms with Crippen molar-refractivity contribution >= 4 is 31.4 Å². The highest BCUT2D eigenvalue weighted by Gasteiger charge is 2.27. The van der Waals surface area contributed by atoms with Crippen molar-refractivity contribution in [2.24, 2.45) is 0 Å². The molecule has 0 aromatic heterocycles. The number of hydrogen-bond donors (Lipinski definition) is 1. The van der Waals surface area contributed by atoms with E-state index in [0.29, 0.717) is 17.4 Å². The van der Waals surface area contributed by atoms with Gasteiger partial charge in [-0.05, 0) is 43.8 Å². The average molecular weight is 390 g/mol. The summed E-state index contributed by atoms with van der Waals surface area (Å²) in [6, 6.07) is 0. The third-order valence-electron chi connectivity index (χ3n) is 2.42. The molecule has 0 aromatic carbocycles. The van der Waals surface area contributed by atoms with Gasteiger partial charge in [-0.15, -0.1) is 8.61 Å². The zero-order valence-electron chi connectivity index (χ0n) is 12.9. The Labute approximate surface area is 142 Å². The molecule has 0 saturated carbocycles. The molecule has 0 amide bonds. The fourth-order valence-electron chi connectivity index (χ4n) is 0.931. The van der Waals surface area contributed by atoms with Crippen LogP contribution in [0.15, 0.2) is 0 Å². The quantitative estimate of drug-likeness (QED) is 0.136. The SMILES string of the molecule is CC(C)(CCOOP(=O)(O)OCC[N+](C)(C)C)N(Cl)Cl.[Cl-]. The molecule has 0 aliphatic heterocycles. The second-order valence-corrected chi connectivity index (χ2v) is 8.20. The minimum absolute atomic E-state index is 0. The number of quaternary nitrogens is 1. The fraction of sp³-hybridized carbons (Fsp3) is 1.00. The van der Waals surface area contributed by atoms with Crippen LogP contribution >= 0.6 is 31.4 Å². The van der Waals surface area contributed by atoms with Crippen LogP contribution in [0.3, 0.4) is 0 Å². The van der Waals surface area contributed by atoms with Crippen LogP contribution in [0.4, 0.5) is 0 Å². The molecule has 0 heterocycles. The van der Waals surface area contributed by atoms with Gasteiger partial charge in [0.05, 0.1) is 27.7 Å². The molecule has 0 radical (unpaired) electrons. The molecule has 1 atom stereocenters. The minimum Gasteiger partial charge on any atom is -1.00 e. The summed E-state index contributed by atoms with van der Waals surface area (Å²) in [5.41, 5.74) is -0.545. The number of likely N-dealkylation sites (N-methyl/N-ethyl adjacent to an activating group) is 1. The van der Waals surface area contributed by atoms with Gasteiger partial charge in [0.15, 0.2) is 0 Å². The van der Waals surface area contributed by atoms with Crippen LogP contribution < -0.4 is 12.4 Å². The third-order valence-corrected chi connectivity index (χ3v) is 4.14. The molecule has 0 rings (SSSR count). The van der Waals surface area contributed by atoms with E-state index in [4.69, 9.17) is 28.1 Å². The first kappa shape index (κ1) is 24.1. The Morgan fingerprint density at radius 1 is 1.24 bits per heavy atom. The fourth-order valence-corrected chi connectivity index (χ4v) is 1.66. The van der Waals surface area contributed by atoms with E-state index in [0.717, 1.165) is 3.94 Å². The summed E-state index contributed by atoms with van der Waals surface area (Å²) in [5, 5.41) is 0. The van der Waals surface area contributed by atoms with Crippen LogP contribution in [0.2, 0.25) is 0 Å². The molecule has 0 fully saturated rings. The van der Waals surface area contributed by atoms with Crippen molar-refractivity contribution in [2.45, 2.75) is 25.8 Å². The van der Waals surface area contributed by atoms with E-state index in [2.05, 4.69) is 9.56 Å². The van der Waals surface area contributed by atoms with Crippen molar-refractivity contribution < 1.29 is 40.4 Å². The molecule has 0 saturated heterocycles. The van der Waals surface area contributed by atoms with Gasteiger partial charge in [0, 0.05) is 5.54 Å². The van der Waals surface area contributed by atoms with Gasteiger partial charge in [-0.2, -0.15) is 0 Å². The molecule has 1 N–H and O–H groups in total. The van der Waals surface area contributed by atoms with E-state index < -0.39 is 13.4 Å². The maximum absolute atomic E-state index is 11.5. The lowest BCUT2D eigenvalue weighted by atomic mass is 10.0. The van der Waals surface area contributed by atoms with Crippen LogP contribution in [-0.4, -0.2) is 59.8 Å². The number of hydrogen-bond acceptors (Lipinski definition) is 5. The first-order chi connectivity index (χ1) is 8.86. The second-order valence-electron chi connectivity index (χ2n) is 6.01. The molecule has 0 spiro atoms. The molecule has 0 aromatic rings. The zero-order chi connectivity index (χ0) is 16.0. The standard InChI is InChI=1S/C10H23Cl2N2O5P.ClH/c1-10(2,13(11)12)6-8-17-19-20(15,16)18-9-7-14(3,4)5;/h6-9H2,1-5H3;1H. The van der Waals surface area contributed by atoms with Gasteiger partial charge in [-0.25, -0.2) is 9.45 Å². The van der Waals surface area contributed by atoms with Gasteiger partial charge >= 0.3 is 7.82 Å². The maximum atomic E-state index is 11.5. The zero-order valence-corrected chi connectivity index (χ0v) is 16.0. The molecule has 0 aliphatic carbocycles. The van der Waals surface area contributed by atoms with Crippen molar-refractivity contribution in [3.8, 4) is 0 Å². The first-order valence-corrected chi connectivity index (χ1v) is 8.24. The Kier molecular flexibility index (Phi) is 11.3. The molecule has 0 aliphatic rings. The highest BCUT2D eigenvalue weighted by atomic mass is 35.5. The van der Waals surface area contributed by atoms with Crippen molar-refractivity contribution in [3.05, 3.63) is 0 Å². The average Bonchev–Trinajstić information content (AvgIpc) is 2.22. The van der Waals surface area contributed by atoms with E-state index in [9.17, 15) is 9.46 Å². The van der Waals surface area contributed by atoms with Gasteiger partial charge in [-0.1, -0.05) is 0 Å². The van der Waals surface area contributed by atoms with E-state index in [1.54, 1.807) is 13.8 Å².